The van der Waals surface area contributed by atoms with Crippen molar-refractivity contribution in [3.05, 3.63) is 34.2 Å². The number of rotatable bonds is 1. The lowest BCUT2D eigenvalue weighted by Gasteiger charge is -2.34. The Kier molecular flexibility index (Phi) is 2.99. The molecule has 0 aliphatic carbocycles. The minimum absolute atomic E-state index is 0.239. The van der Waals surface area contributed by atoms with Gasteiger partial charge in [0.05, 0.1) is 0 Å². The van der Waals surface area contributed by atoms with Crippen LogP contribution >= 0.6 is 19.9 Å². The average molecular weight is 281 g/mol. The van der Waals surface area contributed by atoms with Crippen molar-refractivity contribution in [1.82, 2.24) is 0 Å². The largest absolute Gasteiger partial charge is 0.445 e. The maximum atomic E-state index is 13.3. The molecule has 0 nitrogen and oxygen atoms in total. The first-order valence-electron chi connectivity index (χ1n) is 5.21. The van der Waals surface area contributed by atoms with Gasteiger partial charge < -0.3 is 0 Å². The summed E-state index contributed by atoms with van der Waals surface area (Å²) in [6, 6.07) is 5.08. The van der Waals surface area contributed by atoms with Gasteiger partial charge in [0.15, 0.2) is 0 Å². The molecular weight excluding hydrogens is 269 g/mol. The smallest absolute Gasteiger partial charge is 0.160 e. The predicted octanol–water partition coefficient (Wildman–Crippen LogP) is 5.60. The zero-order valence-electron chi connectivity index (χ0n) is 9.44. The summed E-state index contributed by atoms with van der Waals surface area (Å²) in [6.07, 6.45) is 1.91. The minimum atomic E-state index is -4.39. The average Bonchev–Trinajstić information content (AvgIpc) is 2.52. The maximum absolute atomic E-state index is 13.3. The van der Waals surface area contributed by atoms with Gasteiger partial charge in [-0.05, 0) is 61.4 Å². The van der Waals surface area contributed by atoms with Gasteiger partial charge in [0.25, 0.3) is 0 Å². The maximum Gasteiger partial charge on any atom is 0.445 e. The Hall–Kier alpha value is -0.610. The van der Waals surface area contributed by atoms with Crippen LogP contribution in [-0.2, 0) is 0 Å². The molecular formula is C12H12ClF3S. The van der Waals surface area contributed by atoms with Gasteiger partial charge in [-0.25, -0.2) is 0 Å². The second kappa shape index (κ2) is 3.95. The highest BCUT2D eigenvalue weighted by atomic mass is 35.7. The molecule has 1 aromatic carbocycles. The SMILES string of the molecule is CCC1=Cc2ccc(C)cc2S1(Cl)C(F)(F)F. The number of alkyl halides is 3. The molecule has 0 N–H and O–H groups in total. The molecule has 1 atom stereocenters. The molecule has 0 fully saturated rings. The molecule has 17 heavy (non-hydrogen) atoms. The summed E-state index contributed by atoms with van der Waals surface area (Å²) >= 11 is 0. The lowest BCUT2D eigenvalue weighted by atomic mass is 10.1. The molecule has 0 spiro atoms. The number of halogens is 4. The molecule has 0 bridgehead atoms. The molecule has 1 aromatic rings. The van der Waals surface area contributed by atoms with E-state index < -0.39 is 14.7 Å². The molecule has 0 saturated carbocycles. The first-order valence-corrected chi connectivity index (χ1v) is 7.67. The van der Waals surface area contributed by atoms with Crippen LogP contribution in [-0.4, -0.2) is 5.51 Å². The summed E-state index contributed by atoms with van der Waals surface area (Å²) < 4.78 is 39.8. The van der Waals surface area contributed by atoms with Crippen LogP contribution in [0.15, 0.2) is 28.0 Å². The highest BCUT2D eigenvalue weighted by Crippen LogP contribution is 2.80. The number of aryl methyl sites for hydroxylation is 1. The van der Waals surface area contributed by atoms with Crippen LogP contribution in [0, 0.1) is 6.92 Å². The van der Waals surface area contributed by atoms with Crippen molar-refractivity contribution in [2.24, 2.45) is 0 Å². The zero-order chi connectivity index (χ0) is 12.8. The van der Waals surface area contributed by atoms with Crippen molar-refractivity contribution < 1.29 is 13.2 Å². The van der Waals surface area contributed by atoms with E-state index in [-0.39, 0.29) is 4.90 Å². The van der Waals surface area contributed by atoms with E-state index in [1.54, 1.807) is 38.1 Å². The molecule has 5 heteroatoms. The van der Waals surface area contributed by atoms with Crippen LogP contribution < -0.4 is 0 Å². The monoisotopic (exact) mass is 280 g/mol. The Morgan fingerprint density at radius 2 is 1.94 bits per heavy atom. The molecule has 1 aliphatic rings. The molecule has 94 valence electrons. The van der Waals surface area contributed by atoms with Crippen molar-refractivity contribution >= 4 is 26.0 Å². The second-order valence-corrected chi connectivity index (χ2v) is 7.88. The van der Waals surface area contributed by atoms with Crippen molar-refractivity contribution in [3.8, 4) is 0 Å². The fourth-order valence-electron chi connectivity index (χ4n) is 1.97. The van der Waals surface area contributed by atoms with Crippen LogP contribution in [0.25, 0.3) is 6.08 Å². The standard InChI is InChI=1S/C12H12ClF3S/c1-3-10-7-9-5-4-8(2)6-11(9)17(10,13)12(14,15)16/h4-7H,3H2,1-2H3. The number of fused-ring (bicyclic) bond motifs is 1. The van der Waals surface area contributed by atoms with Crippen LogP contribution in [0.5, 0.6) is 0 Å². The van der Waals surface area contributed by atoms with E-state index in [0.717, 1.165) is 5.56 Å². The normalized spacial score (nSPS) is 27.3. The third-order valence-electron chi connectivity index (χ3n) is 2.82. The first-order chi connectivity index (χ1) is 7.80. The van der Waals surface area contributed by atoms with Gasteiger partial charge in [0.2, 0.25) is 0 Å². The Balaban J connectivity index is 2.68. The Labute approximate surface area is 104 Å². The number of hydrogen-bond acceptors (Lipinski definition) is 0. The van der Waals surface area contributed by atoms with E-state index in [4.69, 9.17) is 10.7 Å². The fourth-order valence-corrected chi connectivity index (χ4v) is 5.15. The summed E-state index contributed by atoms with van der Waals surface area (Å²) in [4.78, 5) is 0.538. The molecule has 1 unspecified atom stereocenters. The van der Waals surface area contributed by atoms with Crippen LogP contribution in [0.1, 0.15) is 24.5 Å². The van der Waals surface area contributed by atoms with Crippen molar-refractivity contribution in [2.75, 3.05) is 0 Å². The topological polar surface area (TPSA) is 0 Å². The highest BCUT2D eigenvalue weighted by molar-refractivity contribution is 8.54. The summed E-state index contributed by atoms with van der Waals surface area (Å²) in [6.45, 7) is 3.48. The second-order valence-electron chi connectivity index (χ2n) is 3.99. The van der Waals surface area contributed by atoms with Gasteiger partial charge in [0.1, 0.15) is 0 Å². The first kappa shape index (κ1) is 12.8. The van der Waals surface area contributed by atoms with Gasteiger partial charge >= 0.3 is 5.51 Å². The van der Waals surface area contributed by atoms with E-state index in [1.807, 2.05) is 0 Å². The van der Waals surface area contributed by atoms with Crippen molar-refractivity contribution in [1.29, 1.82) is 0 Å². The molecule has 0 saturated heterocycles. The van der Waals surface area contributed by atoms with E-state index in [1.165, 1.54) is 0 Å². The van der Waals surface area contributed by atoms with Crippen molar-refractivity contribution in [2.45, 2.75) is 30.7 Å². The Morgan fingerprint density at radius 3 is 2.47 bits per heavy atom. The van der Waals surface area contributed by atoms with Gasteiger partial charge in [0, 0.05) is 4.90 Å². The Morgan fingerprint density at radius 1 is 1.29 bits per heavy atom. The number of allylic oxidation sites excluding steroid dienone is 1. The zero-order valence-corrected chi connectivity index (χ0v) is 11.0. The number of hydrogen-bond donors (Lipinski definition) is 0. The fraction of sp³-hybridized carbons (Fsp3) is 0.333. The summed E-state index contributed by atoms with van der Waals surface area (Å²) in [5, 5.41) is 0. The lowest BCUT2D eigenvalue weighted by molar-refractivity contribution is -0.0359. The summed E-state index contributed by atoms with van der Waals surface area (Å²) in [5.41, 5.74) is -2.99. The van der Waals surface area contributed by atoms with Crippen LogP contribution in [0.4, 0.5) is 13.2 Å². The summed E-state index contributed by atoms with van der Waals surface area (Å²) in [5.74, 6) is 0. The quantitative estimate of drug-likeness (QED) is 0.628. The molecule has 2 rings (SSSR count). The molecule has 0 radical (unpaired) electrons. The Bertz CT molecular complexity index is 493. The number of benzene rings is 1. The van der Waals surface area contributed by atoms with Gasteiger partial charge in [-0.15, -0.1) is 0 Å². The lowest BCUT2D eigenvalue weighted by Crippen LogP contribution is -2.16. The van der Waals surface area contributed by atoms with Crippen LogP contribution in [0.2, 0.25) is 0 Å². The van der Waals surface area contributed by atoms with E-state index >= 15 is 0 Å². The van der Waals surface area contributed by atoms with Crippen LogP contribution in [0.3, 0.4) is 0 Å². The van der Waals surface area contributed by atoms with E-state index in [9.17, 15) is 13.2 Å². The molecule has 0 amide bonds. The highest BCUT2D eigenvalue weighted by Gasteiger charge is 2.55. The van der Waals surface area contributed by atoms with Crippen molar-refractivity contribution in [3.63, 3.8) is 0 Å². The van der Waals surface area contributed by atoms with Gasteiger partial charge in [-0.3, -0.25) is 0 Å². The molecule has 1 aliphatic heterocycles. The third-order valence-corrected chi connectivity index (χ3v) is 7.16. The predicted molar refractivity (Wildman–Crippen MR) is 67.2 cm³/mol. The van der Waals surface area contributed by atoms with E-state index in [2.05, 4.69) is 0 Å². The molecule has 1 heterocycles. The minimum Gasteiger partial charge on any atom is -0.160 e. The summed E-state index contributed by atoms with van der Waals surface area (Å²) in [7, 11) is 2.65. The molecule has 0 aromatic heterocycles. The van der Waals surface area contributed by atoms with Gasteiger partial charge in [-0.1, -0.05) is 19.1 Å². The van der Waals surface area contributed by atoms with E-state index in [0.29, 0.717) is 16.9 Å². The van der Waals surface area contributed by atoms with Gasteiger partial charge in [-0.2, -0.15) is 13.2 Å². The third kappa shape index (κ3) is 1.78.